The van der Waals surface area contributed by atoms with Gasteiger partial charge in [-0.05, 0) is 53.0 Å². The molecule has 0 bridgehead atoms. The van der Waals surface area contributed by atoms with Gasteiger partial charge in [0.05, 0.1) is 16.4 Å². The minimum atomic E-state index is 0.416. The molecule has 0 saturated heterocycles. The van der Waals surface area contributed by atoms with Crippen molar-refractivity contribution in [3.63, 3.8) is 0 Å². The highest BCUT2D eigenvalue weighted by Gasteiger charge is 2.09. The van der Waals surface area contributed by atoms with Gasteiger partial charge in [0.25, 0.3) is 0 Å². The Bertz CT molecular complexity index is 522. The molecular formula is C15H20BrN3. The van der Waals surface area contributed by atoms with Gasteiger partial charge in [0, 0.05) is 12.2 Å². The molecule has 1 heterocycles. The molecule has 19 heavy (non-hydrogen) atoms. The minimum Gasteiger partial charge on any atom is -0.310 e. The first-order valence-corrected chi connectivity index (χ1v) is 7.57. The molecule has 0 radical (unpaired) electrons. The summed E-state index contributed by atoms with van der Waals surface area (Å²) < 4.78 is 2.88. The Morgan fingerprint density at radius 1 is 1.37 bits per heavy atom. The fraction of sp³-hybridized carbons (Fsp3) is 0.400. The predicted octanol–water partition coefficient (Wildman–Crippen LogP) is 4.09. The van der Waals surface area contributed by atoms with Gasteiger partial charge in [0.2, 0.25) is 0 Å². The first-order valence-electron chi connectivity index (χ1n) is 6.78. The summed E-state index contributed by atoms with van der Waals surface area (Å²) >= 11 is 3.43. The Kier molecular flexibility index (Phi) is 5.16. The van der Waals surface area contributed by atoms with Crippen molar-refractivity contribution in [2.24, 2.45) is 0 Å². The first kappa shape index (κ1) is 14.3. The van der Waals surface area contributed by atoms with Crippen LogP contribution < -0.4 is 5.32 Å². The van der Waals surface area contributed by atoms with Crippen molar-refractivity contribution >= 4 is 15.9 Å². The third-order valence-electron chi connectivity index (χ3n) is 3.14. The van der Waals surface area contributed by atoms with Gasteiger partial charge >= 0.3 is 0 Å². The van der Waals surface area contributed by atoms with E-state index in [1.54, 1.807) is 6.20 Å². The lowest BCUT2D eigenvalue weighted by atomic mass is 10.0. The van der Waals surface area contributed by atoms with Gasteiger partial charge in [-0.2, -0.15) is 5.10 Å². The largest absolute Gasteiger partial charge is 0.310 e. The second kappa shape index (κ2) is 6.87. The van der Waals surface area contributed by atoms with Gasteiger partial charge < -0.3 is 5.32 Å². The molecule has 0 fully saturated rings. The summed E-state index contributed by atoms with van der Waals surface area (Å²) in [5, 5.41) is 7.90. The molecule has 0 saturated carbocycles. The summed E-state index contributed by atoms with van der Waals surface area (Å²) in [7, 11) is 0. The molecule has 0 spiro atoms. The summed E-state index contributed by atoms with van der Waals surface area (Å²) in [6, 6.07) is 8.97. The molecule has 2 rings (SSSR count). The summed E-state index contributed by atoms with van der Waals surface area (Å²) in [6.45, 7) is 5.46. The Morgan fingerprint density at radius 3 is 2.84 bits per heavy atom. The maximum absolute atomic E-state index is 4.32. The normalized spacial score (nSPS) is 12.6. The lowest BCUT2D eigenvalue weighted by molar-refractivity contribution is 0.518. The predicted molar refractivity (Wildman–Crippen MR) is 82.6 cm³/mol. The summed E-state index contributed by atoms with van der Waals surface area (Å²) in [4.78, 5) is 0. The van der Waals surface area contributed by atoms with Crippen LogP contribution in [0, 0.1) is 0 Å². The van der Waals surface area contributed by atoms with Crippen LogP contribution in [0.1, 0.15) is 38.3 Å². The molecule has 2 aromatic rings. The average Bonchev–Trinajstić information content (AvgIpc) is 2.87. The van der Waals surface area contributed by atoms with Gasteiger partial charge in [-0.3, -0.25) is 0 Å². The minimum absolute atomic E-state index is 0.416. The first-order chi connectivity index (χ1) is 9.24. The van der Waals surface area contributed by atoms with Gasteiger partial charge in [-0.25, -0.2) is 4.68 Å². The monoisotopic (exact) mass is 321 g/mol. The summed E-state index contributed by atoms with van der Waals surface area (Å²) in [5.41, 5.74) is 2.42. The van der Waals surface area contributed by atoms with Crippen LogP contribution in [-0.4, -0.2) is 16.3 Å². The molecule has 1 aromatic heterocycles. The van der Waals surface area contributed by atoms with Crippen molar-refractivity contribution in [2.45, 2.75) is 32.7 Å². The number of nitrogens with one attached hydrogen (secondary N) is 1. The topological polar surface area (TPSA) is 29.9 Å². The van der Waals surface area contributed by atoms with E-state index >= 15 is 0 Å². The molecule has 102 valence electrons. The second-order valence-electron chi connectivity index (χ2n) is 4.61. The summed E-state index contributed by atoms with van der Waals surface area (Å²) in [5.74, 6) is 0. The molecule has 1 unspecified atom stereocenters. The number of hydrogen-bond donors (Lipinski definition) is 1. The Labute approximate surface area is 123 Å². The lowest BCUT2D eigenvalue weighted by Gasteiger charge is -2.17. The fourth-order valence-electron chi connectivity index (χ4n) is 2.14. The number of nitrogens with zero attached hydrogens (tertiary/aromatic N) is 2. The molecule has 4 heteroatoms. The van der Waals surface area contributed by atoms with Crippen molar-refractivity contribution in [3.05, 3.63) is 46.7 Å². The average molecular weight is 322 g/mol. The number of halogens is 1. The maximum Gasteiger partial charge on any atom is 0.0649 e. The van der Waals surface area contributed by atoms with Crippen LogP contribution in [0.4, 0.5) is 0 Å². The van der Waals surface area contributed by atoms with Crippen molar-refractivity contribution in [2.75, 3.05) is 6.54 Å². The Hall–Kier alpha value is -1.13. The zero-order valence-corrected chi connectivity index (χ0v) is 13.0. The van der Waals surface area contributed by atoms with Crippen LogP contribution in [-0.2, 0) is 0 Å². The molecular weight excluding hydrogens is 302 g/mol. The smallest absolute Gasteiger partial charge is 0.0649 e. The van der Waals surface area contributed by atoms with Crippen LogP contribution >= 0.6 is 15.9 Å². The SMILES string of the molecule is CCCNC(CC)c1cccc(-n2cc(Br)cn2)c1. The second-order valence-corrected chi connectivity index (χ2v) is 5.53. The molecule has 0 aliphatic carbocycles. The van der Waals surface area contributed by atoms with Crippen LogP contribution in [0.3, 0.4) is 0 Å². The molecule has 3 nitrogen and oxygen atoms in total. The Morgan fingerprint density at radius 2 is 2.21 bits per heavy atom. The third kappa shape index (κ3) is 3.67. The molecule has 0 aliphatic rings. The summed E-state index contributed by atoms with van der Waals surface area (Å²) in [6.07, 6.45) is 6.02. The van der Waals surface area contributed by atoms with Crippen molar-refractivity contribution in [1.82, 2.24) is 15.1 Å². The molecule has 1 aromatic carbocycles. The number of aromatic nitrogens is 2. The van der Waals surface area contributed by atoms with Crippen molar-refractivity contribution in [3.8, 4) is 5.69 Å². The molecule has 0 amide bonds. The van der Waals surface area contributed by atoms with Crippen LogP contribution in [0.15, 0.2) is 41.1 Å². The molecule has 0 aliphatic heterocycles. The fourth-order valence-corrected chi connectivity index (χ4v) is 2.43. The van der Waals surface area contributed by atoms with Crippen LogP contribution in [0.2, 0.25) is 0 Å². The van der Waals surface area contributed by atoms with E-state index in [0.717, 1.165) is 29.5 Å². The van der Waals surface area contributed by atoms with Gasteiger partial charge in [0.15, 0.2) is 0 Å². The van der Waals surface area contributed by atoms with E-state index in [4.69, 9.17) is 0 Å². The van der Waals surface area contributed by atoms with Gasteiger partial charge in [-0.1, -0.05) is 26.0 Å². The highest BCUT2D eigenvalue weighted by Crippen LogP contribution is 2.20. The lowest BCUT2D eigenvalue weighted by Crippen LogP contribution is -2.21. The number of rotatable bonds is 6. The van der Waals surface area contributed by atoms with Crippen LogP contribution in [0.25, 0.3) is 5.69 Å². The van der Waals surface area contributed by atoms with E-state index in [1.165, 1.54) is 5.56 Å². The number of hydrogen-bond acceptors (Lipinski definition) is 2. The van der Waals surface area contributed by atoms with Gasteiger partial charge in [0.1, 0.15) is 0 Å². The number of benzene rings is 1. The quantitative estimate of drug-likeness (QED) is 0.868. The van der Waals surface area contributed by atoms with Gasteiger partial charge in [-0.15, -0.1) is 0 Å². The maximum atomic E-state index is 4.32. The van der Waals surface area contributed by atoms with Crippen molar-refractivity contribution < 1.29 is 0 Å². The zero-order valence-electron chi connectivity index (χ0n) is 11.4. The van der Waals surface area contributed by atoms with E-state index in [9.17, 15) is 0 Å². The highest BCUT2D eigenvalue weighted by atomic mass is 79.9. The van der Waals surface area contributed by atoms with Crippen LogP contribution in [0.5, 0.6) is 0 Å². The van der Waals surface area contributed by atoms with E-state index in [0.29, 0.717) is 6.04 Å². The Balaban J connectivity index is 2.22. The molecule has 1 N–H and O–H groups in total. The molecule has 1 atom stereocenters. The zero-order chi connectivity index (χ0) is 13.7. The van der Waals surface area contributed by atoms with E-state index in [-0.39, 0.29) is 0 Å². The van der Waals surface area contributed by atoms with E-state index in [1.807, 2.05) is 10.9 Å². The highest BCUT2D eigenvalue weighted by molar-refractivity contribution is 9.10. The standard InChI is InChI=1S/C15H20BrN3/c1-3-8-17-15(4-2)12-6-5-7-14(9-12)19-11-13(16)10-18-19/h5-7,9-11,15,17H,3-4,8H2,1-2H3. The third-order valence-corrected chi connectivity index (χ3v) is 3.55. The van der Waals surface area contributed by atoms with Crippen molar-refractivity contribution in [1.29, 1.82) is 0 Å². The van der Waals surface area contributed by atoms with E-state index in [2.05, 4.69) is 64.5 Å². The van der Waals surface area contributed by atoms with E-state index < -0.39 is 0 Å².